The number of aliphatic hydroxyl groups excluding tert-OH is 1. The monoisotopic (exact) mass is 331 g/mol. The largest absolute Gasteiger partial charge is 0.486 e. The minimum absolute atomic E-state index is 0.0978. The Hall–Kier alpha value is -2.18. The second-order valence-corrected chi connectivity index (χ2v) is 5.63. The number of benzene rings is 2. The molecule has 1 aliphatic heterocycles. The lowest BCUT2D eigenvalue weighted by Crippen LogP contribution is -2.28. The standard InChI is InChI=1S/C17H17NO4S/c19-13(10-18-17(20)12-3-1-2-4-16(12)23)11-5-6-14-15(9-11)22-8-7-21-14/h1-6,9,13,19,23H,7-8,10H2,(H,18,20). The van der Waals surface area contributed by atoms with Crippen molar-refractivity contribution in [1.29, 1.82) is 0 Å². The summed E-state index contributed by atoms with van der Waals surface area (Å²) in [4.78, 5) is 12.7. The SMILES string of the molecule is O=C(NCC(O)c1ccc2c(c1)OCCO2)c1ccccc1S. The van der Waals surface area contributed by atoms with Crippen LogP contribution in [-0.4, -0.2) is 30.8 Å². The fourth-order valence-corrected chi connectivity index (χ4v) is 2.60. The number of amides is 1. The Morgan fingerprint density at radius 2 is 1.91 bits per heavy atom. The van der Waals surface area contributed by atoms with E-state index in [0.717, 1.165) is 0 Å². The highest BCUT2D eigenvalue weighted by molar-refractivity contribution is 7.80. The van der Waals surface area contributed by atoms with Gasteiger partial charge in [0.1, 0.15) is 13.2 Å². The van der Waals surface area contributed by atoms with Crippen LogP contribution in [0.2, 0.25) is 0 Å². The number of thiol groups is 1. The van der Waals surface area contributed by atoms with Gasteiger partial charge < -0.3 is 19.9 Å². The average Bonchev–Trinajstić information content (AvgIpc) is 2.59. The van der Waals surface area contributed by atoms with Gasteiger partial charge in [0.2, 0.25) is 0 Å². The second kappa shape index (κ2) is 6.93. The van der Waals surface area contributed by atoms with Crippen molar-refractivity contribution < 1.29 is 19.4 Å². The minimum Gasteiger partial charge on any atom is -0.486 e. The van der Waals surface area contributed by atoms with Crippen LogP contribution >= 0.6 is 12.6 Å². The molecule has 1 heterocycles. The predicted octanol–water partition coefficient (Wildman–Crippen LogP) is 2.21. The van der Waals surface area contributed by atoms with Gasteiger partial charge in [0.05, 0.1) is 11.7 Å². The molecule has 0 aromatic heterocycles. The van der Waals surface area contributed by atoms with Crippen LogP contribution in [-0.2, 0) is 0 Å². The van der Waals surface area contributed by atoms with Gasteiger partial charge in [-0.05, 0) is 29.8 Å². The van der Waals surface area contributed by atoms with E-state index in [2.05, 4.69) is 17.9 Å². The molecule has 3 rings (SSSR count). The van der Waals surface area contributed by atoms with Crippen LogP contribution in [0.15, 0.2) is 47.4 Å². The van der Waals surface area contributed by atoms with Crippen molar-refractivity contribution in [3.05, 3.63) is 53.6 Å². The van der Waals surface area contributed by atoms with Crippen molar-refractivity contribution in [2.45, 2.75) is 11.0 Å². The molecule has 0 radical (unpaired) electrons. The number of rotatable bonds is 4. The van der Waals surface area contributed by atoms with Gasteiger partial charge in [-0.1, -0.05) is 18.2 Å². The van der Waals surface area contributed by atoms with Gasteiger partial charge in [0, 0.05) is 11.4 Å². The maximum atomic E-state index is 12.1. The zero-order chi connectivity index (χ0) is 16.2. The Morgan fingerprint density at radius 3 is 2.70 bits per heavy atom. The highest BCUT2D eigenvalue weighted by atomic mass is 32.1. The van der Waals surface area contributed by atoms with Crippen molar-refractivity contribution in [2.75, 3.05) is 19.8 Å². The third-order valence-electron chi connectivity index (χ3n) is 3.56. The van der Waals surface area contributed by atoms with Gasteiger partial charge in [-0.3, -0.25) is 4.79 Å². The van der Waals surface area contributed by atoms with E-state index in [1.54, 1.807) is 36.4 Å². The summed E-state index contributed by atoms with van der Waals surface area (Å²) in [5, 5.41) is 13.0. The van der Waals surface area contributed by atoms with Crippen molar-refractivity contribution >= 4 is 18.5 Å². The van der Waals surface area contributed by atoms with Crippen molar-refractivity contribution in [1.82, 2.24) is 5.32 Å². The number of hydrogen-bond donors (Lipinski definition) is 3. The van der Waals surface area contributed by atoms with Crippen molar-refractivity contribution in [3.63, 3.8) is 0 Å². The second-order valence-electron chi connectivity index (χ2n) is 5.15. The number of carbonyl (C=O) groups is 1. The molecule has 1 unspecified atom stereocenters. The van der Waals surface area contributed by atoms with Gasteiger partial charge in [0.15, 0.2) is 11.5 Å². The molecule has 2 aromatic rings. The van der Waals surface area contributed by atoms with Crippen LogP contribution in [0.3, 0.4) is 0 Å². The molecule has 0 aliphatic carbocycles. The van der Waals surface area contributed by atoms with Crippen LogP contribution in [0.4, 0.5) is 0 Å². The molecule has 0 saturated heterocycles. The molecule has 0 fully saturated rings. The van der Waals surface area contributed by atoms with Crippen molar-refractivity contribution in [2.24, 2.45) is 0 Å². The Bertz CT molecular complexity index is 719. The molecule has 5 nitrogen and oxygen atoms in total. The summed E-state index contributed by atoms with van der Waals surface area (Å²) >= 11 is 4.25. The lowest BCUT2D eigenvalue weighted by molar-refractivity contribution is 0.0913. The first-order chi connectivity index (χ1) is 11.1. The highest BCUT2D eigenvalue weighted by Gasteiger charge is 2.16. The van der Waals surface area contributed by atoms with E-state index >= 15 is 0 Å². The minimum atomic E-state index is -0.832. The zero-order valence-corrected chi connectivity index (χ0v) is 13.3. The molecule has 0 spiro atoms. The van der Waals surface area contributed by atoms with Gasteiger partial charge in [-0.15, -0.1) is 12.6 Å². The maximum Gasteiger partial charge on any atom is 0.252 e. The van der Waals surface area contributed by atoms with Gasteiger partial charge in [-0.2, -0.15) is 0 Å². The number of fused-ring (bicyclic) bond motifs is 1. The zero-order valence-electron chi connectivity index (χ0n) is 12.4. The molecule has 1 atom stereocenters. The Balaban J connectivity index is 1.64. The van der Waals surface area contributed by atoms with Gasteiger partial charge >= 0.3 is 0 Å². The third-order valence-corrected chi connectivity index (χ3v) is 3.95. The van der Waals surface area contributed by atoms with Crippen LogP contribution < -0.4 is 14.8 Å². The molecule has 0 bridgehead atoms. The van der Waals surface area contributed by atoms with E-state index in [4.69, 9.17) is 9.47 Å². The Kier molecular flexibility index (Phi) is 4.73. The molecule has 2 N–H and O–H groups in total. The first-order valence-electron chi connectivity index (χ1n) is 7.29. The van der Waals surface area contributed by atoms with E-state index in [1.807, 2.05) is 6.07 Å². The normalized spacial score (nSPS) is 14.2. The molecular formula is C17H17NO4S. The van der Waals surface area contributed by atoms with E-state index in [0.29, 0.717) is 40.7 Å². The lowest BCUT2D eigenvalue weighted by Gasteiger charge is -2.20. The number of carbonyl (C=O) groups excluding carboxylic acids is 1. The summed E-state index contributed by atoms with van der Waals surface area (Å²) in [5.74, 6) is 1.01. The van der Waals surface area contributed by atoms with E-state index in [9.17, 15) is 9.90 Å². The number of nitrogens with one attached hydrogen (secondary N) is 1. The predicted molar refractivity (Wildman–Crippen MR) is 88.4 cm³/mol. The fourth-order valence-electron chi connectivity index (χ4n) is 2.34. The Morgan fingerprint density at radius 1 is 1.17 bits per heavy atom. The topological polar surface area (TPSA) is 67.8 Å². The molecule has 1 amide bonds. The van der Waals surface area contributed by atoms with Crippen LogP contribution in [0, 0.1) is 0 Å². The van der Waals surface area contributed by atoms with Gasteiger partial charge in [-0.25, -0.2) is 0 Å². The highest BCUT2D eigenvalue weighted by Crippen LogP contribution is 2.32. The van der Waals surface area contributed by atoms with Gasteiger partial charge in [0.25, 0.3) is 5.91 Å². The average molecular weight is 331 g/mol. The van der Waals surface area contributed by atoms with Crippen LogP contribution in [0.5, 0.6) is 11.5 Å². The number of aliphatic hydroxyl groups is 1. The molecule has 120 valence electrons. The van der Waals surface area contributed by atoms with Crippen LogP contribution in [0.1, 0.15) is 22.0 Å². The molecule has 23 heavy (non-hydrogen) atoms. The first kappa shape index (κ1) is 15.7. The summed E-state index contributed by atoms with van der Waals surface area (Å²) in [6, 6.07) is 12.3. The molecule has 2 aromatic carbocycles. The summed E-state index contributed by atoms with van der Waals surface area (Å²) in [6.07, 6.45) is -0.832. The van der Waals surface area contributed by atoms with Crippen LogP contribution in [0.25, 0.3) is 0 Å². The van der Waals surface area contributed by atoms with E-state index in [-0.39, 0.29) is 12.5 Å². The number of ether oxygens (including phenoxy) is 2. The maximum absolute atomic E-state index is 12.1. The van der Waals surface area contributed by atoms with Crippen molar-refractivity contribution in [3.8, 4) is 11.5 Å². The summed E-state index contributed by atoms with van der Waals surface area (Å²) in [5.41, 5.74) is 1.14. The molecule has 1 aliphatic rings. The summed E-state index contributed by atoms with van der Waals surface area (Å²) < 4.78 is 10.9. The quantitative estimate of drug-likeness (QED) is 0.752. The molecule has 0 saturated carbocycles. The summed E-state index contributed by atoms with van der Waals surface area (Å²) in [6.45, 7) is 1.11. The molecule has 6 heteroatoms. The lowest BCUT2D eigenvalue weighted by atomic mass is 10.1. The fraction of sp³-hybridized carbons (Fsp3) is 0.235. The van der Waals surface area contributed by atoms with E-state index in [1.165, 1.54) is 0 Å². The smallest absolute Gasteiger partial charge is 0.252 e. The number of hydrogen-bond acceptors (Lipinski definition) is 5. The van der Waals surface area contributed by atoms with E-state index < -0.39 is 6.10 Å². The first-order valence-corrected chi connectivity index (χ1v) is 7.73. The third kappa shape index (κ3) is 3.60. The summed E-state index contributed by atoms with van der Waals surface area (Å²) in [7, 11) is 0. The Labute approximate surface area is 139 Å². The molecular weight excluding hydrogens is 314 g/mol.